The van der Waals surface area contributed by atoms with Crippen LogP contribution in [0, 0.1) is 0 Å². The first kappa shape index (κ1) is 18.8. The average molecular weight is 423 g/mol. The van der Waals surface area contributed by atoms with Gasteiger partial charge in [0.15, 0.2) is 0 Å². The second-order valence-electron chi connectivity index (χ2n) is 7.50. The maximum atomic E-state index is 9.76. The number of aliphatic hydroxyl groups excluding tert-OH is 1. The Labute approximate surface area is 177 Å². The number of hydrogen-bond acceptors (Lipinski definition) is 8. The second kappa shape index (κ2) is 7.92. The van der Waals surface area contributed by atoms with Crippen molar-refractivity contribution in [2.45, 2.75) is 37.8 Å². The van der Waals surface area contributed by atoms with Crippen LogP contribution in [0.4, 0.5) is 17.5 Å². The number of anilines is 3. The fourth-order valence-corrected chi connectivity index (χ4v) is 4.48. The van der Waals surface area contributed by atoms with Gasteiger partial charge >= 0.3 is 0 Å². The van der Waals surface area contributed by atoms with Crippen molar-refractivity contribution in [3.8, 4) is 11.4 Å². The topological polar surface area (TPSA) is 108 Å². The first-order valence-corrected chi connectivity index (χ1v) is 10.8. The van der Waals surface area contributed by atoms with Crippen molar-refractivity contribution in [3.63, 3.8) is 0 Å². The number of phenols is 1. The van der Waals surface area contributed by atoms with Crippen molar-refractivity contribution in [3.05, 3.63) is 48.1 Å². The van der Waals surface area contributed by atoms with Crippen LogP contribution in [0.1, 0.15) is 25.7 Å². The summed E-state index contributed by atoms with van der Waals surface area (Å²) in [5, 5.41) is 32.4. The summed E-state index contributed by atoms with van der Waals surface area (Å²) >= 11 is 1.62. The Morgan fingerprint density at radius 1 is 1.03 bits per heavy atom. The highest BCUT2D eigenvalue weighted by Crippen LogP contribution is 2.31. The predicted octanol–water partition coefficient (Wildman–Crippen LogP) is 4.04. The van der Waals surface area contributed by atoms with Crippen LogP contribution >= 0.6 is 11.3 Å². The van der Waals surface area contributed by atoms with E-state index in [-0.39, 0.29) is 11.9 Å². The van der Waals surface area contributed by atoms with Crippen molar-refractivity contribution >= 4 is 39.0 Å². The molecule has 1 aliphatic carbocycles. The molecule has 0 atom stereocenters. The van der Waals surface area contributed by atoms with Crippen LogP contribution in [-0.4, -0.2) is 42.1 Å². The molecule has 8 nitrogen and oxygen atoms in total. The molecular weight excluding hydrogens is 400 g/mol. The number of rotatable bonds is 5. The number of aliphatic hydroxyl groups is 1. The number of thiophene rings is 1. The third kappa shape index (κ3) is 3.94. The van der Waals surface area contributed by atoms with Gasteiger partial charge in [0.1, 0.15) is 11.6 Å². The number of fused-ring (bicyclic) bond motifs is 1. The minimum atomic E-state index is -0.183. The third-order valence-electron chi connectivity index (χ3n) is 5.29. The maximum absolute atomic E-state index is 9.76. The SMILES string of the molecule is Oc1ccc(-n2cc(Nc3nc(NC4CCC(O)CC4)c4sccc4n3)cn2)cc1. The normalized spacial score (nSPS) is 19.1. The zero-order valence-electron chi connectivity index (χ0n) is 16.2. The van der Waals surface area contributed by atoms with E-state index in [0.29, 0.717) is 12.0 Å². The van der Waals surface area contributed by atoms with E-state index in [0.717, 1.165) is 53.1 Å². The predicted molar refractivity (Wildman–Crippen MR) is 118 cm³/mol. The van der Waals surface area contributed by atoms with Crippen LogP contribution in [-0.2, 0) is 0 Å². The second-order valence-corrected chi connectivity index (χ2v) is 8.41. The first-order chi connectivity index (χ1) is 14.6. The van der Waals surface area contributed by atoms with Gasteiger partial charge in [0.25, 0.3) is 0 Å². The van der Waals surface area contributed by atoms with Crippen LogP contribution in [0.5, 0.6) is 5.75 Å². The van der Waals surface area contributed by atoms with Gasteiger partial charge in [-0.05, 0) is 61.4 Å². The molecule has 0 aliphatic heterocycles. The fourth-order valence-electron chi connectivity index (χ4n) is 3.69. The summed E-state index contributed by atoms with van der Waals surface area (Å²) < 4.78 is 2.75. The summed E-state index contributed by atoms with van der Waals surface area (Å²) in [4.78, 5) is 9.35. The number of nitrogens with one attached hydrogen (secondary N) is 2. The molecule has 0 saturated heterocycles. The van der Waals surface area contributed by atoms with Crippen LogP contribution in [0.3, 0.4) is 0 Å². The Balaban J connectivity index is 1.38. The van der Waals surface area contributed by atoms with Gasteiger partial charge < -0.3 is 20.8 Å². The molecule has 1 saturated carbocycles. The van der Waals surface area contributed by atoms with E-state index in [1.54, 1.807) is 46.5 Å². The molecule has 0 amide bonds. The lowest BCUT2D eigenvalue weighted by Gasteiger charge is -2.26. The standard InChI is InChI=1S/C21H22N6O2S/c28-16-5-1-13(2-6-16)23-20-19-18(9-10-30-19)25-21(26-20)24-14-11-22-27(12-14)15-3-7-17(29)8-4-15/h3-4,7-13,16,28-29H,1-2,5-6H2,(H2,23,24,25,26). The van der Waals surface area contributed by atoms with E-state index in [1.807, 2.05) is 17.6 Å². The Kier molecular flexibility index (Phi) is 4.97. The number of nitrogens with zero attached hydrogens (tertiary/aromatic N) is 4. The summed E-state index contributed by atoms with van der Waals surface area (Å²) in [5.74, 6) is 1.54. The molecule has 0 bridgehead atoms. The number of hydrogen-bond donors (Lipinski definition) is 4. The quantitative estimate of drug-likeness (QED) is 0.384. The molecule has 1 aliphatic rings. The number of aromatic hydroxyl groups is 1. The molecule has 30 heavy (non-hydrogen) atoms. The lowest BCUT2D eigenvalue weighted by molar-refractivity contribution is 0.126. The molecule has 4 aromatic rings. The van der Waals surface area contributed by atoms with Crippen molar-refractivity contribution in [1.29, 1.82) is 0 Å². The van der Waals surface area contributed by atoms with E-state index >= 15 is 0 Å². The molecule has 9 heteroatoms. The van der Waals surface area contributed by atoms with E-state index in [2.05, 4.69) is 20.7 Å². The minimum Gasteiger partial charge on any atom is -0.508 e. The number of benzene rings is 1. The molecule has 5 rings (SSSR count). The van der Waals surface area contributed by atoms with Crippen molar-refractivity contribution < 1.29 is 10.2 Å². The molecule has 1 aromatic carbocycles. The van der Waals surface area contributed by atoms with Crippen LogP contribution in [0.25, 0.3) is 15.9 Å². The van der Waals surface area contributed by atoms with Crippen LogP contribution < -0.4 is 10.6 Å². The van der Waals surface area contributed by atoms with Gasteiger partial charge in [-0.1, -0.05) is 0 Å². The van der Waals surface area contributed by atoms with Crippen molar-refractivity contribution in [2.75, 3.05) is 10.6 Å². The maximum Gasteiger partial charge on any atom is 0.229 e. The molecule has 0 radical (unpaired) electrons. The largest absolute Gasteiger partial charge is 0.508 e. The van der Waals surface area contributed by atoms with E-state index in [9.17, 15) is 10.2 Å². The van der Waals surface area contributed by atoms with Gasteiger partial charge in [-0.15, -0.1) is 11.3 Å². The van der Waals surface area contributed by atoms with E-state index < -0.39 is 0 Å². The molecule has 154 valence electrons. The van der Waals surface area contributed by atoms with Gasteiger partial charge in [0.05, 0.1) is 40.1 Å². The Morgan fingerprint density at radius 2 is 1.83 bits per heavy atom. The number of aromatic nitrogens is 4. The summed E-state index contributed by atoms with van der Waals surface area (Å²) in [7, 11) is 0. The lowest BCUT2D eigenvalue weighted by atomic mass is 9.93. The summed E-state index contributed by atoms with van der Waals surface area (Å²) in [6.45, 7) is 0. The smallest absolute Gasteiger partial charge is 0.229 e. The monoisotopic (exact) mass is 422 g/mol. The highest BCUT2D eigenvalue weighted by Gasteiger charge is 2.21. The zero-order chi connectivity index (χ0) is 20.5. The molecule has 0 spiro atoms. The highest BCUT2D eigenvalue weighted by molar-refractivity contribution is 7.17. The minimum absolute atomic E-state index is 0.183. The molecule has 3 heterocycles. The summed E-state index contributed by atoms with van der Waals surface area (Å²) in [6.07, 6.45) is 6.88. The van der Waals surface area contributed by atoms with E-state index in [1.165, 1.54) is 0 Å². The van der Waals surface area contributed by atoms with E-state index in [4.69, 9.17) is 4.98 Å². The third-order valence-corrected chi connectivity index (χ3v) is 6.20. The molecule has 1 fully saturated rings. The molecule has 3 aromatic heterocycles. The van der Waals surface area contributed by atoms with Gasteiger partial charge in [-0.2, -0.15) is 10.1 Å². The van der Waals surface area contributed by atoms with Gasteiger partial charge in [-0.25, -0.2) is 9.67 Å². The van der Waals surface area contributed by atoms with Crippen LogP contribution in [0.15, 0.2) is 48.1 Å². The first-order valence-electron chi connectivity index (χ1n) is 9.95. The molecule has 0 unspecified atom stereocenters. The van der Waals surface area contributed by atoms with Gasteiger partial charge in [0, 0.05) is 6.04 Å². The Morgan fingerprint density at radius 3 is 2.63 bits per heavy atom. The Hall–Kier alpha value is -3.17. The molecular formula is C21H22N6O2S. The van der Waals surface area contributed by atoms with Crippen LogP contribution in [0.2, 0.25) is 0 Å². The van der Waals surface area contributed by atoms with Crippen molar-refractivity contribution in [2.24, 2.45) is 0 Å². The Bertz CT molecular complexity index is 1150. The summed E-state index contributed by atoms with van der Waals surface area (Å²) in [6, 6.07) is 9.13. The zero-order valence-corrected chi connectivity index (χ0v) is 17.0. The lowest BCUT2D eigenvalue weighted by Crippen LogP contribution is -2.28. The molecule has 4 N–H and O–H groups in total. The fraction of sp³-hybridized carbons (Fsp3) is 0.286. The van der Waals surface area contributed by atoms with Gasteiger partial charge in [0.2, 0.25) is 5.95 Å². The highest BCUT2D eigenvalue weighted by atomic mass is 32.1. The van der Waals surface area contributed by atoms with Gasteiger partial charge in [-0.3, -0.25) is 0 Å². The number of phenolic OH excluding ortho intramolecular Hbond substituents is 1. The van der Waals surface area contributed by atoms with Crippen molar-refractivity contribution in [1.82, 2.24) is 19.7 Å². The average Bonchev–Trinajstić information content (AvgIpc) is 3.40. The summed E-state index contributed by atoms with van der Waals surface area (Å²) in [5.41, 5.74) is 2.50.